The number of rotatable bonds is 3. The maximum atomic E-state index is 12.0. The predicted molar refractivity (Wildman–Crippen MR) is 66.6 cm³/mol. The Bertz CT molecular complexity index is 523. The van der Waals surface area contributed by atoms with Crippen LogP contribution < -0.4 is 5.73 Å². The lowest BCUT2D eigenvalue weighted by molar-refractivity contribution is 0.0748. The van der Waals surface area contributed by atoms with E-state index in [9.17, 15) is 9.90 Å². The topological polar surface area (TPSA) is 63.3 Å². The van der Waals surface area contributed by atoms with Crippen molar-refractivity contribution in [3.05, 3.63) is 65.7 Å². The van der Waals surface area contributed by atoms with E-state index in [1.165, 1.54) is 0 Å². The monoisotopic (exact) mass is 227 g/mol. The van der Waals surface area contributed by atoms with Crippen LogP contribution in [0, 0.1) is 0 Å². The molecular formula is C14H13NO2. The van der Waals surface area contributed by atoms with Crippen LogP contribution in [0.3, 0.4) is 0 Å². The van der Waals surface area contributed by atoms with Gasteiger partial charge >= 0.3 is 0 Å². The second-order valence-electron chi connectivity index (χ2n) is 3.76. The zero-order valence-corrected chi connectivity index (χ0v) is 9.21. The smallest absolute Gasteiger partial charge is 0.195 e. The molecule has 0 fully saturated rings. The molecule has 0 saturated heterocycles. The van der Waals surface area contributed by atoms with Crippen molar-refractivity contribution in [1.29, 1.82) is 0 Å². The quantitative estimate of drug-likeness (QED) is 0.624. The number of hydrogen-bond donors (Lipinski definition) is 2. The van der Waals surface area contributed by atoms with Gasteiger partial charge in [0.05, 0.1) is 0 Å². The first-order valence-electron chi connectivity index (χ1n) is 5.32. The molecule has 0 aromatic heterocycles. The third-order valence-corrected chi connectivity index (χ3v) is 2.60. The number of nitrogen functional groups attached to an aromatic ring is 1. The number of benzene rings is 2. The van der Waals surface area contributed by atoms with Crippen molar-refractivity contribution in [2.45, 2.75) is 6.10 Å². The zero-order chi connectivity index (χ0) is 12.3. The Morgan fingerprint density at radius 3 is 2.24 bits per heavy atom. The van der Waals surface area contributed by atoms with Crippen molar-refractivity contribution in [1.82, 2.24) is 0 Å². The molecule has 3 N–H and O–H groups in total. The molecule has 1 atom stereocenters. The Balaban J connectivity index is 2.30. The number of Topliss-reactive ketones (excluding diaryl/α,β-unsaturated/α-hetero) is 1. The minimum absolute atomic E-state index is 0.344. The molecule has 0 amide bonds. The van der Waals surface area contributed by atoms with Gasteiger partial charge in [-0.2, -0.15) is 0 Å². The van der Waals surface area contributed by atoms with E-state index >= 15 is 0 Å². The van der Waals surface area contributed by atoms with Gasteiger partial charge in [0.15, 0.2) is 5.78 Å². The summed E-state index contributed by atoms with van der Waals surface area (Å²) in [4.78, 5) is 12.0. The third kappa shape index (κ3) is 2.34. The predicted octanol–water partition coefficient (Wildman–Crippen LogP) is 2.19. The Morgan fingerprint density at radius 1 is 1.00 bits per heavy atom. The summed E-state index contributed by atoms with van der Waals surface area (Å²) in [5.74, 6) is -0.344. The number of anilines is 1. The van der Waals surface area contributed by atoms with Gasteiger partial charge in [-0.25, -0.2) is 0 Å². The van der Waals surface area contributed by atoms with Crippen LogP contribution in [-0.2, 0) is 0 Å². The maximum absolute atomic E-state index is 12.0. The van der Waals surface area contributed by atoms with Gasteiger partial charge in [0.25, 0.3) is 0 Å². The fourth-order valence-corrected chi connectivity index (χ4v) is 1.66. The minimum Gasteiger partial charge on any atom is -0.398 e. The summed E-state index contributed by atoms with van der Waals surface area (Å²) in [5.41, 5.74) is 7.07. The molecule has 2 aromatic carbocycles. The highest BCUT2D eigenvalue weighted by Crippen LogP contribution is 2.23. The first-order chi connectivity index (χ1) is 8.20. The standard InChI is InChI=1S/C14H13NO2/c15-12-9-5-4-8-11(12)14(17)13(16)10-6-2-1-3-7-10/h1-9,14,17H,15H2. The van der Waals surface area contributed by atoms with Crippen LogP contribution >= 0.6 is 0 Å². The van der Waals surface area contributed by atoms with Gasteiger partial charge in [0.1, 0.15) is 6.10 Å². The number of para-hydroxylation sites is 1. The molecule has 2 rings (SSSR count). The Hall–Kier alpha value is -2.13. The molecular weight excluding hydrogens is 214 g/mol. The second-order valence-corrected chi connectivity index (χ2v) is 3.76. The molecule has 0 spiro atoms. The number of aliphatic hydroxyl groups is 1. The number of carbonyl (C=O) groups is 1. The van der Waals surface area contributed by atoms with Crippen LogP contribution in [0.1, 0.15) is 22.0 Å². The molecule has 0 aliphatic carbocycles. The third-order valence-electron chi connectivity index (χ3n) is 2.60. The number of hydrogen-bond acceptors (Lipinski definition) is 3. The van der Waals surface area contributed by atoms with Crippen molar-refractivity contribution in [2.24, 2.45) is 0 Å². The van der Waals surface area contributed by atoms with Gasteiger partial charge in [0, 0.05) is 16.8 Å². The Kier molecular flexibility index (Phi) is 3.21. The molecule has 3 heteroatoms. The number of aliphatic hydroxyl groups excluding tert-OH is 1. The normalized spacial score (nSPS) is 12.1. The number of nitrogens with two attached hydrogens (primary N) is 1. The zero-order valence-electron chi connectivity index (χ0n) is 9.21. The lowest BCUT2D eigenvalue weighted by Gasteiger charge is -2.12. The SMILES string of the molecule is Nc1ccccc1C(O)C(=O)c1ccccc1. The van der Waals surface area contributed by atoms with Gasteiger partial charge in [-0.15, -0.1) is 0 Å². The summed E-state index contributed by atoms with van der Waals surface area (Å²) in [6, 6.07) is 15.5. The van der Waals surface area contributed by atoms with Crippen molar-refractivity contribution in [2.75, 3.05) is 5.73 Å². The fraction of sp³-hybridized carbons (Fsp3) is 0.0714. The minimum atomic E-state index is -1.21. The van der Waals surface area contributed by atoms with E-state index in [-0.39, 0.29) is 5.78 Å². The molecule has 0 saturated carbocycles. The van der Waals surface area contributed by atoms with Gasteiger partial charge in [-0.1, -0.05) is 48.5 Å². The summed E-state index contributed by atoms with van der Waals surface area (Å²) in [6.07, 6.45) is -1.21. The molecule has 86 valence electrons. The lowest BCUT2D eigenvalue weighted by atomic mass is 9.99. The molecule has 0 bridgehead atoms. The van der Waals surface area contributed by atoms with Gasteiger partial charge in [-0.3, -0.25) is 4.79 Å². The Morgan fingerprint density at radius 2 is 1.59 bits per heavy atom. The van der Waals surface area contributed by atoms with Crippen LogP contribution in [0.4, 0.5) is 5.69 Å². The van der Waals surface area contributed by atoms with Crippen LogP contribution in [0.2, 0.25) is 0 Å². The van der Waals surface area contributed by atoms with E-state index in [0.29, 0.717) is 16.8 Å². The van der Waals surface area contributed by atoms with E-state index in [1.54, 1.807) is 48.5 Å². The maximum Gasteiger partial charge on any atom is 0.195 e. The summed E-state index contributed by atoms with van der Waals surface area (Å²) in [7, 11) is 0. The van der Waals surface area contributed by atoms with E-state index < -0.39 is 6.10 Å². The summed E-state index contributed by atoms with van der Waals surface area (Å²) >= 11 is 0. The second kappa shape index (κ2) is 4.80. The van der Waals surface area contributed by atoms with Gasteiger partial charge in [0.2, 0.25) is 0 Å². The first kappa shape index (κ1) is 11.4. The van der Waals surface area contributed by atoms with Crippen molar-refractivity contribution >= 4 is 11.5 Å². The van der Waals surface area contributed by atoms with Crippen LogP contribution in [0.15, 0.2) is 54.6 Å². The highest BCUT2D eigenvalue weighted by molar-refractivity contribution is 6.00. The highest BCUT2D eigenvalue weighted by atomic mass is 16.3. The van der Waals surface area contributed by atoms with Crippen molar-refractivity contribution < 1.29 is 9.90 Å². The van der Waals surface area contributed by atoms with Crippen LogP contribution in [0.5, 0.6) is 0 Å². The summed E-state index contributed by atoms with van der Waals surface area (Å²) in [6.45, 7) is 0. The van der Waals surface area contributed by atoms with Crippen LogP contribution in [-0.4, -0.2) is 10.9 Å². The Labute approximate surface area is 99.5 Å². The lowest BCUT2D eigenvalue weighted by Crippen LogP contribution is -2.13. The van der Waals surface area contributed by atoms with Gasteiger partial charge < -0.3 is 10.8 Å². The molecule has 0 heterocycles. The number of carbonyl (C=O) groups excluding carboxylic acids is 1. The average molecular weight is 227 g/mol. The summed E-state index contributed by atoms with van der Waals surface area (Å²) < 4.78 is 0. The van der Waals surface area contributed by atoms with Crippen molar-refractivity contribution in [3.63, 3.8) is 0 Å². The van der Waals surface area contributed by atoms with Crippen molar-refractivity contribution in [3.8, 4) is 0 Å². The molecule has 2 aromatic rings. The molecule has 17 heavy (non-hydrogen) atoms. The molecule has 0 radical (unpaired) electrons. The first-order valence-corrected chi connectivity index (χ1v) is 5.32. The highest BCUT2D eigenvalue weighted by Gasteiger charge is 2.20. The average Bonchev–Trinajstić information content (AvgIpc) is 2.39. The van der Waals surface area contributed by atoms with E-state index in [2.05, 4.69) is 0 Å². The molecule has 0 aliphatic heterocycles. The van der Waals surface area contributed by atoms with E-state index in [0.717, 1.165) is 0 Å². The van der Waals surface area contributed by atoms with Crippen LogP contribution in [0.25, 0.3) is 0 Å². The largest absolute Gasteiger partial charge is 0.398 e. The van der Waals surface area contributed by atoms with E-state index in [4.69, 9.17) is 5.73 Å². The molecule has 0 aliphatic rings. The van der Waals surface area contributed by atoms with Gasteiger partial charge in [-0.05, 0) is 6.07 Å². The van der Waals surface area contributed by atoms with E-state index in [1.807, 2.05) is 6.07 Å². The summed E-state index contributed by atoms with van der Waals surface area (Å²) in [5, 5.41) is 9.99. The fourth-order valence-electron chi connectivity index (χ4n) is 1.66. The molecule has 1 unspecified atom stereocenters. The molecule has 3 nitrogen and oxygen atoms in total. The number of ketones is 1.